The number of nitrogens with one attached hydrogen (secondary N) is 1. The van der Waals surface area contributed by atoms with E-state index in [4.69, 9.17) is 14.6 Å². The standard InChI is InChI=1S/C9H19NO3/c1-10-9(4-11)7-13-6-8-2-3-12-5-8/h8-11H,2-7H2,1H3. The van der Waals surface area contributed by atoms with E-state index in [0.29, 0.717) is 12.5 Å². The number of rotatable bonds is 6. The molecule has 1 aliphatic heterocycles. The molecule has 0 radical (unpaired) electrons. The summed E-state index contributed by atoms with van der Waals surface area (Å²) in [6.45, 7) is 3.13. The second-order valence-corrected chi connectivity index (χ2v) is 3.44. The van der Waals surface area contributed by atoms with Crippen molar-refractivity contribution in [3.05, 3.63) is 0 Å². The molecule has 0 aromatic heterocycles. The van der Waals surface area contributed by atoms with Crippen molar-refractivity contribution in [3.8, 4) is 0 Å². The van der Waals surface area contributed by atoms with E-state index in [0.717, 1.165) is 26.2 Å². The molecule has 0 amide bonds. The van der Waals surface area contributed by atoms with Gasteiger partial charge in [0.1, 0.15) is 0 Å². The third kappa shape index (κ3) is 4.04. The molecule has 4 nitrogen and oxygen atoms in total. The summed E-state index contributed by atoms with van der Waals surface area (Å²) in [6, 6.07) is 0.0577. The normalized spacial score (nSPS) is 24.9. The topological polar surface area (TPSA) is 50.7 Å². The second-order valence-electron chi connectivity index (χ2n) is 3.44. The summed E-state index contributed by atoms with van der Waals surface area (Å²) in [5.41, 5.74) is 0. The molecule has 2 unspecified atom stereocenters. The molecule has 78 valence electrons. The predicted molar refractivity (Wildman–Crippen MR) is 49.7 cm³/mol. The second kappa shape index (κ2) is 6.32. The van der Waals surface area contributed by atoms with E-state index in [2.05, 4.69) is 5.32 Å². The molecule has 1 heterocycles. The summed E-state index contributed by atoms with van der Waals surface area (Å²) in [7, 11) is 1.82. The van der Waals surface area contributed by atoms with Gasteiger partial charge in [-0.05, 0) is 13.5 Å². The number of ether oxygens (including phenoxy) is 2. The van der Waals surface area contributed by atoms with Gasteiger partial charge in [0, 0.05) is 12.5 Å². The van der Waals surface area contributed by atoms with Gasteiger partial charge >= 0.3 is 0 Å². The molecule has 2 atom stereocenters. The van der Waals surface area contributed by atoms with E-state index in [1.54, 1.807) is 0 Å². The summed E-state index contributed by atoms with van der Waals surface area (Å²) >= 11 is 0. The minimum Gasteiger partial charge on any atom is -0.395 e. The van der Waals surface area contributed by atoms with Crippen LogP contribution in [0, 0.1) is 5.92 Å². The number of hydrogen-bond acceptors (Lipinski definition) is 4. The van der Waals surface area contributed by atoms with Crippen LogP contribution in [0.3, 0.4) is 0 Å². The predicted octanol–water partition coefficient (Wildman–Crippen LogP) is -0.380. The van der Waals surface area contributed by atoms with Gasteiger partial charge in [0.05, 0.1) is 32.5 Å². The Bertz CT molecular complexity index is 120. The number of hydrogen-bond donors (Lipinski definition) is 2. The molecule has 0 aliphatic carbocycles. The Balaban J connectivity index is 1.98. The average molecular weight is 189 g/mol. The Morgan fingerprint density at radius 1 is 1.69 bits per heavy atom. The van der Waals surface area contributed by atoms with Crippen LogP contribution in [0.25, 0.3) is 0 Å². The molecule has 13 heavy (non-hydrogen) atoms. The van der Waals surface area contributed by atoms with Crippen molar-refractivity contribution in [2.24, 2.45) is 5.92 Å². The zero-order valence-electron chi connectivity index (χ0n) is 8.16. The van der Waals surface area contributed by atoms with Crippen molar-refractivity contribution in [2.45, 2.75) is 12.5 Å². The Hall–Kier alpha value is -0.160. The molecular formula is C9H19NO3. The van der Waals surface area contributed by atoms with Gasteiger partial charge in [-0.15, -0.1) is 0 Å². The molecule has 4 heteroatoms. The highest BCUT2D eigenvalue weighted by Gasteiger charge is 2.16. The Morgan fingerprint density at radius 2 is 2.54 bits per heavy atom. The van der Waals surface area contributed by atoms with Gasteiger partial charge in [0.15, 0.2) is 0 Å². The summed E-state index contributed by atoms with van der Waals surface area (Å²) in [6.07, 6.45) is 1.10. The quantitative estimate of drug-likeness (QED) is 0.598. The summed E-state index contributed by atoms with van der Waals surface area (Å²) in [4.78, 5) is 0. The molecule has 1 fully saturated rings. The molecular weight excluding hydrogens is 170 g/mol. The van der Waals surface area contributed by atoms with E-state index in [1.807, 2.05) is 7.05 Å². The average Bonchev–Trinajstić information content (AvgIpc) is 2.65. The highest BCUT2D eigenvalue weighted by atomic mass is 16.5. The zero-order chi connectivity index (χ0) is 9.52. The Morgan fingerprint density at radius 3 is 3.08 bits per heavy atom. The fourth-order valence-electron chi connectivity index (χ4n) is 1.32. The van der Waals surface area contributed by atoms with Gasteiger partial charge in [0.2, 0.25) is 0 Å². The lowest BCUT2D eigenvalue weighted by Gasteiger charge is -2.14. The lowest BCUT2D eigenvalue weighted by atomic mass is 10.1. The van der Waals surface area contributed by atoms with Gasteiger partial charge < -0.3 is 19.9 Å². The first-order valence-electron chi connectivity index (χ1n) is 4.80. The van der Waals surface area contributed by atoms with Crippen molar-refractivity contribution in [1.82, 2.24) is 5.32 Å². The summed E-state index contributed by atoms with van der Waals surface area (Å²) < 4.78 is 10.7. The third-order valence-electron chi connectivity index (χ3n) is 2.33. The minimum atomic E-state index is 0.0577. The van der Waals surface area contributed by atoms with E-state index in [1.165, 1.54) is 0 Å². The Labute approximate surface area is 79.2 Å². The molecule has 1 saturated heterocycles. The van der Waals surface area contributed by atoms with E-state index >= 15 is 0 Å². The van der Waals surface area contributed by atoms with Crippen molar-refractivity contribution in [3.63, 3.8) is 0 Å². The highest BCUT2D eigenvalue weighted by molar-refractivity contribution is 4.65. The van der Waals surface area contributed by atoms with Crippen LogP contribution in [-0.4, -0.2) is 51.2 Å². The minimum absolute atomic E-state index is 0.0577. The number of aliphatic hydroxyl groups excluding tert-OH is 1. The zero-order valence-corrected chi connectivity index (χ0v) is 8.16. The van der Waals surface area contributed by atoms with Crippen molar-refractivity contribution in [1.29, 1.82) is 0 Å². The molecule has 0 bridgehead atoms. The van der Waals surface area contributed by atoms with Crippen LogP contribution in [0.1, 0.15) is 6.42 Å². The van der Waals surface area contributed by atoms with E-state index < -0.39 is 0 Å². The lowest BCUT2D eigenvalue weighted by Crippen LogP contribution is -2.34. The molecule has 1 aliphatic rings. The van der Waals surface area contributed by atoms with E-state index in [-0.39, 0.29) is 12.6 Å². The fourth-order valence-corrected chi connectivity index (χ4v) is 1.32. The first-order valence-corrected chi connectivity index (χ1v) is 4.80. The maximum atomic E-state index is 8.85. The van der Waals surface area contributed by atoms with Gasteiger partial charge in [-0.1, -0.05) is 0 Å². The summed E-state index contributed by atoms with van der Waals surface area (Å²) in [5, 5.41) is 11.8. The molecule has 2 N–H and O–H groups in total. The molecule has 0 aromatic carbocycles. The molecule has 1 rings (SSSR count). The van der Waals surface area contributed by atoms with Crippen LogP contribution >= 0.6 is 0 Å². The van der Waals surface area contributed by atoms with Crippen molar-refractivity contribution >= 4 is 0 Å². The van der Waals surface area contributed by atoms with Gasteiger partial charge in [-0.3, -0.25) is 0 Å². The van der Waals surface area contributed by atoms with Gasteiger partial charge in [-0.2, -0.15) is 0 Å². The monoisotopic (exact) mass is 189 g/mol. The van der Waals surface area contributed by atoms with Crippen LogP contribution in [0.4, 0.5) is 0 Å². The van der Waals surface area contributed by atoms with Crippen LogP contribution < -0.4 is 5.32 Å². The maximum absolute atomic E-state index is 8.85. The highest BCUT2D eigenvalue weighted by Crippen LogP contribution is 2.12. The number of aliphatic hydroxyl groups is 1. The van der Waals surface area contributed by atoms with Gasteiger partial charge in [-0.25, -0.2) is 0 Å². The molecule has 0 spiro atoms. The largest absolute Gasteiger partial charge is 0.395 e. The molecule has 0 saturated carbocycles. The Kier molecular flexibility index (Phi) is 5.31. The number of likely N-dealkylation sites (N-methyl/N-ethyl adjacent to an activating group) is 1. The van der Waals surface area contributed by atoms with Crippen LogP contribution in [0.15, 0.2) is 0 Å². The third-order valence-corrected chi connectivity index (χ3v) is 2.33. The van der Waals surface area contributed by atoms with Crippen LogP contribution in [-0.2, 0) is 9.47 Å². The first-order chi connectivity index (χ1) is 6.36. The maximum Gasteiger partial charge on any atom is 0.0642 e. The van der Waals surface area contributed by atoms with Crippen molar-refractivity contribution in [2.75, 3.05) is 40.1 Å². The smallest absolute Gasteiger partial charge is 0.0642 e. The fraction of sp³-hybridized carbons (Fsp3) is 1.00. The summed E-state index contributed by atoms with van der Waals surface area (Å²) in [5.74, 6) is 0.552. The molecule has 0 aromatic rings. The first kappa shape index (κ1) is 10.9. The van der Waals surface area contributed by atoms with Crippen molar-refractivity contribution < 1.29 is 14.6 Å². The van der Waals surface area contributed by atoms with Crippen LogP contribution in [0.5, 0.6) is 0 Å². The van der Waals surface area contributed by atoms with Crippen LogP contribution in [0.2, 0.25) is 0 Å². The SMILES string of the molecule is CNC(CO)COCC1CCOC1. The van der Waals surface area contributed by atoms with E-state index in [9.17, 15) is 0 Å². The lowest BCUT2D eigenvalue weighted by molar-refractivity contribution is 0.0625. The van der Waals surface area contributed by atoms with Gasteiger partial charge in [0.25, 0.3) is 0 Å².